The third-order valence-electron chi connectivity index (χ3n) is 5.48. The molecule has 0 atom stereocenters. The van der Waals surface area contributed by atoms with Gasteiger partial charge in [0, 0.05) is 111 Å². The number of unbranched alkanes of at least 4 members (excludes halogenated alkanes) is 1. The molecule has 0 amide bonds. The molecule has 0 heterocycles. The SMILES string of the molecule is CCCOC(=O)/C=C/N(C)CCN(C)/C=C/C(=O)OCCCCOC(=O)/C=C/N(C)CCN(C)/C=C/C(=O)OCCOC. The molecule has 13 heteroatoms. The highest BCUT2D eigenvalue weighted by Gasteiger charge is 2.03. The topological polar surface area (TPSA) is 127 Å². The zero-order valence-electron chi connectivity index (χ0n) is 26.6. The Labute approximate surface area is 256 Å². The van der Waals surface area contributed by atoms with Crippen molar-refractivity contribution in [1.29, 1.82) is 0 Å². The van der Waals surface area contributed by atoms with Gasteiger partial charge in [0.2, 0.25) is 0 Å². The number of hydrogen-bond donors (Lipinski definition) is 0. The van der Waals surface area contributed by atoms with Crippen molar-refractivity contribution < 1.29 is 42.9 Å². The van der Waals surface area contributed by atoms with Crippen LogP contribution in [0, 0.1) is 0 Å². The molecule has 0 aromatic heterocycles. The van der Waals surface area contributed by atoms with Gasteiger partial charge in [-0.15, -0.1) is 0 Å². The van der Waals surface area contributed by atoms with Crippen LogP contribution in [-0.4, -0.2) is 138 Å². The highest BCUT2D eigenvalue weighted by molar-refractivity contribution is 5.82. The summed E-state index contributed by atoms with van der Waals surface area (Å²) in [5.41, 5.74) is 0. The summed E-state index contributed by atoms with van der Waals surface area (Å²) < 4.78 is 25.1. The van der Waals surface area contributed by atoms with Crippen molar-refractivity contribution in [3.63, 3.8) is 0 Å². The van der Waals surface area contributed by atoms with Gasteiger partial charge in [-0.05, 0) is 19.3 Å². The van der Waals surface area contributed by atoms with Crippen molar-refractivity contribution in [2.24, 2.45) is 0 Å². The Morgan fingerprint density at radius 3 is 1.09 bits per heavy atom. The van der Waals surface area contributed by atoms with Crippen molar-refractivity contribution in [3.8, 4) is 0 Å². The molecule has 0 aliphatic rings. The van der Waals surface area contributed by atoms with Gasteiger partial charge in [-0.3, -0.25) is 0 Å². The average molecular weight is 611 g/mol. The van der Waals surface area contributed by atoms with E-state index in [1.54, 1.807) is 24.8 Å². The van der Waals surface area contributed by atoms with Crippen molar-refractivity contribution in [2.45, 2.75) is 26.2 Å². The summed E-state index contributed by atoms with van der Waals surface area (Å²) in [7, 11) is 8.87. The summed E-state index contributed by atoms with van der Waals surface area (Å²) in [5.74, 6) is -1.72. The van der Waals surface area contributed by atoms with Crippen molar-refractivity contribution in [2.75, 3.05) is 94.5 Å². The largest absolute Gasteiger partial charge is 0.463 e. The quantitative estimate of drug-likeness (QED) is 0.0682. The van der Waals surface area contributed by atoms with E-state index in [4.69, 9.17) is 23.7 Å². The Hall–Kier alpha value is -4.00. The fourth-order valence-electron chi connectivity index (χ4n) is 2.85. The number of nitrogens with zero attached hydrogens (tertiary/aromatic N) is 4. The van der Waals surface area contributed by atoms with E-state index < -0.39 is 17.9 Å². The normalized spacial score (nSPS) is 11.3. The number of rotatable bonds is 24. The lowest BCUT2D eigenvalue weighted by atomic mass is 10.3. The maximum Gasteiger partial charge on any atom is 0.332 e. The second-order valence-electron chi connectivity index (χ2n) is 9.56. The molecule has 0 radical (unpaired) electrons. The molecule has 0 rings (SSSR count). The molecule has 0 aromatic rings. The molecule has 0 saturated carbocycles. The summed E-state index contributed by atoms with van der Waals surface area (Å²) in [6.45, 7) is 5.84. The second-order valence-corrected chi connectivity index (χ2v) is 9.56. The predicted octanol–water partition coefficient (Wildman–Crippen LogP) is 1.78. The van der Waals surface area contributed by atoms with Gasteiger partial charge in [0.15, 0.2) is 0 Å². The van der Waals surface area contributed by atoms with Crippen LogP contribution in [0.1, 0.15) is 26.2 Å². The van der Waals surface area contributed by atoms with E-state index in [9.17, 15) is 19.2 Å². The Balaban J connectivity index is 3.99. The van der Waals surface area contributed by atoms with Gasteiger partial charge in [0.1, 0.15) is 6.61 Å². The first-order valence-corrected chi connectivity index (χ1v) is 14.3. The lowest BCUT2D eigenvalue weighted by Crippen LogP contribution is -2.25. The smallest absolute Gasteiger partial charge is 0.332 e. The van der Waals surface area contributed by atoms with E-state index in [0.717, 1.165) is 6.42 Å². The van der Waals surface area contributed by atoms with Crippen LogP contribution in [0.4, 0.5) is 0 Å². The number of methoxy groups -OCH3 is 1. The molecule has 0 fully saturated rings. The number of carbonyl (C=O) groups excluding carboxylic acids is 4. The molecule has 0 N–H and O–H groups in total. The van der Waals surface area contributed by atoms with Gasteiger partial charge in [-0.25, -0.2) is 19.2 Å². The van der Waals surface area contributed by atoms with Crippen LogP contribution in [-0.2, 0) is 42.9 Å². The molecular formula is C30H50N4O9. The minimum absolute atomic E-state index is 0.206. The molecular weight excluding hydrogens is 560 g/mol. The van der Waals surface area contributed by atoms with Gasteiger partial charge >= 0.3 is 23.9 Å². The van der Waals surface area contributed by atoms with Gasteiger partial charge < -0.3 is 43.3 Å². The van der Waals surface area contributed by atoms with Gasteiger partial charge in [-0.2, -0.15) is 0 Å². The maximum absolute atomic E-state index is 11.9. The first-order valence-electron chi connectivity index (χ1n) is 14.3. The van der Waals surface area contributed by atoms with Crippen LogP contribution >= 0.6 is 0 Å². The minimum atomic E-state index is -0.459. The Morgan fingerprint density at radius 2 is 0.791 bits per heavy atom. The minimum Gasteiger partial charge on any atom is -0.463 e. The molecule has 0 aromatic carbocycles. The molecule has 13 nitrogen and oxygen atoms in total. The molecule has 0 bridgehead atoms. The first kappa shape index (κ1) is 39.0. The molecule has 0 aliphatic heterocycles. The number of ether oxygens (including phenoxy) is 5. The average Bonchev–Trinajstić information content (AvgIpc) is 2.99. The van der Waals surface area contributed by atoms with E-state index in [-0.39, 0.29) is 25.8 Å². The lowest BCUT2D eigenvalue weighted by molar-refractivity contribution is -0.140. The highest BCUT2D eigenvalue weighted by atomic mass is 16.6. The van der Waals surface area contributed by atoms with E-state index in [1.165, 1.54) is 31.4 Å². The third-order valence-corrected chi connectivity index (χ3v) is 5.48. The van der Waals surface area contributed by atoms with E-state index >= 15 is 0 Å². The number of esters is 4. The fourth-order valence-corrected chi connectivity index (χ4v) is 2.85. The van der Waals surface area contributed by atoms with Crippen molar-refractivity contribution in [1.82, 2.24) is 19.6 Å². The third kappa shape index (κ3) is 25.4. The van der Waals surface area contributed by atoms with Gasteiger partial charge in [0.25, 0.3) is 0 Å². The van der Waals surface area contributed by atoms with Gasteiger partial charge in [0.05, 0.1) is 26.4 Å². The van der Waals surface area contributed by atoms with E-state index in [0.29, 0.717) is 52.2 Å². The van der Waals surface area contributed by atoms with Crippen LogP contribution in [0.5, 0.6) is 0 Å². The molecule has 0 aliphatic carbocycles. The Bertz CT molecular complexity index is 921. The number of carbonyl (C=O) groups is 4. The van der Waals surface area contributed by atoms with E-state index in [1.807, 2.05) is 54.7 Å². The molecule has 0 unspecified atom stereocenters. The maximum atomic E-state index is 11.9. The molecule has 43 heavy (non-hydrogen) atoms. The molecule has 0 spiro atoms. The van der Waals surface area contributed by atoms with Gasteiger partial charge in [-0.1, -0.05) is 6.92 Å². The van der Waals surface area contributed by atoms with Crippen LogP contribution < -0.4 is 0 Å². The van der Waals surface area contributed by atoms with E-state index in [2.05, 4.69) is 0 Å². The van der Waals surface area contributed by atoms with Crippen molar-refractivity contribution in [3.05, 3.63) is 49.1 Å². The summed E-state index contributed by atoms with van der Waals surface area (Å²) in [6.07, 6.45) is 13.9. The summed E-state index contributed by atoms with van der Waals surface area (Å²) in [5, 5.41) is 0. The molecule has 244 valence electrons. The first-order chi connectivity index (χ1) is 20.6. The number of hydrogen-bond acceptors (Lipinski definition) is 13. The monoisotopic (exact) mass is 610 g/mol. The zero-order chi connectivity index (χ0) is 32.3. The van der Waals surface area contributed by atoms with Crippen LogP contribution in [0.15, 0.2) is 49.1 Å². The lowest BCUT2D eigenvalue weighted by Gasteiger charge is -2.19. The van der Waals surface area contributed by atoms with Crippen LogP contribution in [0.3, 0.4) is 0 Å². The fraction of sp³-hybridized carbons (Fsp3) is 0.600. The van der Waals surface area contributed by atoms with Crippen LogP contribution in [0.25, 0.3) is 0 Å². The molecule has 0 saturated heterocycles. The standard InChI is InChI=1S/C30H50N4O9/c1-7-22-40-27(35)10-14-31(2)18-19-32(3)15-11-28(36)41-23-8-9-24-42-29(37)12-16-33(4)20-21-34(5)17-13-30(38)43-26-25-39-6/h10-17H,7-9,18-26H2,1-6H3/b14-10+,15-11+,16-12+,17-13+. The summed E-state index contributed by atoms with van der Waals surface area (Å²) in [6, 6.07) is 0. The number of likely N-dealkylation sites (N-methyl/N-ethyl adjacent to an activating group) is 4. The zero-order valence-corrected chi connectivity index (χ0v) is 26.6. The second kappa shape index (κ2) is 25.7. The Kier molecular flexibility index (Phi) is 23.3. The summed E-state index contributed by atoms with van der Waals surface area (Å²) in [4.78, 5) is 54.2. The van der Waals surface area contributed by atoms with Crippen molar-refractivity contribution >= 4 is 23.9 Å². The summed E-state index contributed by atoms with van der Waals surface area (Å²) >= 11 is 0. The Morgan fingerprint density at radius 1 is 0.488 bits per heavy atom. The van der Waals surface area contributed by atoms with Crippen LogP contribution in [0.2, 0.25) is 0 Å². The highest BCUT2D eigenvalue weighted by Crippen LogP contribution is 1.97. The predicted molar refractivity (Wildman–Crippen MR) is 162 cm³/mol.